The molecule has 1 aromatic rings. The van der Waals surface area contributed by atoms with Gasteiger partial charge in [-0.25, -0.2) is 0 Å². The van der Waals surface area contributed by atoms with Gasteiger partial charge in [0.25, 0.3) is 5.91 Å². The topological polar surface area (TPSA) is 48.5 Å². The molecule has 1 unspecified atom stereocenters. The number of aromatic nitrogens is 1. The zero-order chi connectivity index (χ0) is 13.8. The summed E-state index contributed by atoms with van der Waals surface area (Å²) in [6.07, 6.45) is 4.51. The molecule has 0 aliphatic carbocycles. The van der Waals surface area contributed by atoms with Gasteiger partial charge in [0.1, 0.15) is 0 Å². The third-order valence-corrected chi connectivity index (χ3v) is 3.69. The number of likely N-dealkylation sites (tertiary alicyclic amines) is 1. The van der Waals surface area contributed by atoms with Gasteiger partial charge in [-0.3, -0.25) is 9.78 Å². The summed E-state index contributed by atoms with van der Waals surface area (Å²) in [7, 11) is 5.81. The van der Waals surface area contributed by atoms with Gasteiger partial charge in [-0.2, -0.15) is 0 Å². The number of hydrogen-bond donors (Lipinski definition) is 1. The van der Waals surface area contributed by atoms with Gasteiger partial charge in [-0.15, -0.1) is 0 Å². The minimum atomic E-state index is 0.0568. The first-order valence-corrected chi connectivity index (χ1v) is 6.67. The molecule has 1 aliphatic rings. The molecule has 1 aliphatic heterocycles. The van der Waals surface area contributed by atoms with Gasteiger partial charge in [0.05, 0.1) is 17.4 Å². The molecular weight excluding hydrogens is 240 g/mol. The first-order chi connectivity index (χ1) is 9.11. The molecule has 5 nitrogen and oxygen atoms in total. The molecule has 5 heteroatoms. The van der Waals surface area contributed by atoms with Crippen LogP contribution in [0.1, 0.15) is 16.8 Å². The zero-order valence-electron chi connectivity index (χ0n) is 11.9. The Balaban J connectivity index is 2.02. The van der Waals surface area contributed by atoms with Crippen molar-refractivity contribution in [2.24, 2.45) is 5.92 Å². The fourth-order valence-corrected chi connectivity index (χ4v) is 2.63. The van der Waals surface area contributed by atoms with Crippen molar-refractivity contribution < 1.29 is 4.79 Å². The average Bonchev–Trinajstić information content (AvgIpc) is 2.83. The van der Waals surface area contributed by atoms with E-state index < -0.39 is 0 Å². The van der Waals surface area contributed by atoms with Gasteiger partial charge < -0.3 is 15.1 Å². The molecule has 1 saturated heterocycles. The van der Waals surface area contributed by atoms with Crippen LogP contribution in [0.2, 0.25) is 0 Å². The lowest BCUT2D eigenvalue weighted by molar-refractivity contribution is 0.0775. The maximum absolute atomic E-state index is 12.4. The maximum atomic E-state index is 12.4. The van der Waals surface area contributed by atoms with Crippen LogP contribution in [0.3, 0.4) is 0 Å². The molecule has 1 atom stereocenters. The first kappa shape index (κ1) is 13.8. The Morgan fingerprint density at radius 2 is 2.42 bits per heavy atom. The van der Waals surface area contributed by atoms with Crippen LogP contribution in [-0.4, -0.2) is 61.5 Å². The van der Waals surface area contributed by atoms with Crippen LogP contribution in [0, 0.1) is 5.92 Å². The largest absolute Gasteiger partial charge is 0.386 e. The summed E-state index contributed by atoms with van der Waals surface area (Å²) in [5, 5.41) is 3.01. The fraction of sp³-hybridized carbons (Fsp3) is 0.571. The van der Waals surface area contributed by atoms with Crippen molar-refractivity contribution >= 4 is 11.6 Å². The number of rotatable bonds is 4. The van der Waals surface area contributed by atoms with E-state index in [0.29, 0.717) is 11.5 Å². The van der Waals surface area contributed by atoms with E-state index >= 15 is 0 Å². The van der Waals surface area contributed by atoms with E-state index in [4.69, 9.17) is 0 Å². The van der Waals surface area contributed by atoms with Gasteiger partial charge in [0, 0.05) is 33.4 Å². The van der Waals surface area contributed by atoms with Crippen molar-refractivity contribution in [3.63, 3.8) is 0 Å². The Bertz CT molecular complexity index is 449. The molecule has 0 radical (unpaired) electrons. The SMILES string of the molecule is CNc1cnccc1C(=O)N(C)CC1CCN(C)C1. The molecule has 0 bridgehead atoms. The highest BCUT2D eigenvalue weighted by Crippen LogP contribution is 2.18. The molecule has 1 N–H and O–H groups in total. The minimum Gasteiger partial charge on any atom is -0.386 e. The van der Waals surface area contributed by atoms with Crippen LogP contribution < -0.4 is 5.32 Å². The number of pyridine rings is 1. The summed E-state index contributed by atoms with van der Waals surface area (Å²) >= 11 is 0. The smallest absolute Gasteiger partial charge is 0.255 e. The second-order valence-corrected chi connectivity index (χ2v) is 5.27. The van der Waals surface area contributed by atoms with Gasteiger partial charge in [0.2, 0.25) is 0 Å². The highest BCUT2D eigenvalue weighted by atomic mass is 16.2. The molecule has 2 heterocycles. The number of nitrogens with one attached hydrogen (secondary N) is 1. The van der Waals surface area contributed by atoms with E-state index in [0.717, 1.165) is 25.3 Å². The average molecular weight is 262 g/mol. The maximum Gasteiger partial charge on any atom is 0.255 e. The number of amides is 1. The Kier molecular flexibility index (Phi) is 4.37. The predicted octanol–water partition coefficient (Wildman–Crippen LogP) is 1.15. The normalized spacial score (nSPS) is 19.4. The minimum absolute atomic E-state index is 0.0568. The van der Waals surface area contributed by atoms with Gasteiger partial charge in [-0.05, 0) is 32.0 Å². The summed E-state index contributed by atoms with van der Waals surface area (Å²) in [6, 6.07) is 1.77. The lowest BCUT2D eigenvalue weighted by Gasteiger charge is -2.22. The van der Waals surface area contributed by atoms with Crippen molar-refractivity contribution in [3.05, 3.63) is 24.0 Å². The van der Waals surface area contributed by atoms with E-state index in [-0.39, 0.29) is 5.91 Å². The number of carbonyl (C=O) groups excluding carboxylic acids is 1. The van der Waals surface area contributed by atoms with Crippen molar-refractivity contribution in [1.82, 2.24) is 14.8 Å². The van der Waals surface area contributed by atoms with E-state index in [1.165, 1.54) is 6.42 Å². The molecule has 1 amide bonds. The van der Waals surface area contributed by atoms with E-state index in [9.17, 15) is 4.79 Å². The highest BCUT2D eigenvalue weighted by molar-refractivity contribution is 5.99. The third-order valence-electron chi connectivity index (χ3n) is 3.69. The van der Waals surface area contributed by atoms with Crippen molar-refractivity contribution in [2.75, 3.05) is 46.1 Å². The molecule has 1 fully saturated rings. The molecule has 1 aromatic heterocycles. The summed E-state index contributed by atoms with van der Waals surface area (Å²) in [6.45, 7) is 3.02. The van der Waals surface area contributed by atoms with Gasteiger partial charge in [0.15, 0.2) is 0 Å². The molecule has 0 saturated carbocycles. The molecule has 2 rings (SSSR count). The van der Waals surface area contributed by atoms with Crippen LogP contribution in [0.4, 0.5) is 5.69 Å². The lowest BCUT2D eigenvalue weighted by atomic mass is 10.1. The van der Waals surface area contributed by atoms with Crippen LogP contribution in [-0.2, 0) is 0 Å². The third kappa shape index (κ3) is 3.23. The second kappa shape index (κ2) is 6.02. The first-order valence-electron chi connectivity index (χ1n) is 6.67. The van der Waals surface area contributed by atoms with Crippen LogP contribution in [0.15, 0.2) is 18.5 Å². The highest BCUT2D eigenvalue weighted by Gasteiger charge is 2.23. The van der Waals surface area contributed by atoms with Crippen LogP contribution >= 0.6 is 0 Å². The standard InChI is InChI=1S/C14H22N4O/c1-15-13-8-16-6-4-12(13)14(19)18(3)10-11-5-7-17(2)9-11/h4,6,8,11,15H,5,7,9-10H2,1-3H3. The number of nitrogens with zero attached hydrogens (tertiary/aromatic N) is 3. The predicted molar refractivity (Wildman–Crippen MR) is 76.3 cm³/mol. The summed E-state index contributed by atoms with van der Waals surface area (Å²) in [4.78, 5) is 20.6. The molecular formula is C14H22N4O. The number of anilines is 1. The Labute approximate surface area is 114 Å². The Hall–Kier alpha value is -1.62. The van der Waals surface area contributed by atoms with E-state index in [1.54, 1.807) is 25.5 Å². The lowest BCUT2D eigenvalue weighted by Crippen LogP contribution is -2.33. The zero-order valence-corrected chi connectivity index (χ0v) is 11.9. The summed E-state index contributed by atoms with van der Waals surface area (Å²) < 4.78 is 0. The van der Waals surface area contributed by atoms with Gasteiger partial charge in [-0.1, -0.05) is 0 Å². The van der Waals surface area contributed by atoms with Crippen LogP contribution in [0.25, 0.3) is 0 Å². The quantitative estimate of drug-likeness (QED) is 0.884. The van der Waals surface area contributed by atoms with Gasteiger partial charge >= 0.3 is 0 Å². The van der Waals surface area contributed by atoms with Crippen molar-refractivity contribution in [1.29, 1.82) is 0 Å². The summed E-state index contributed by atoms with van der Waals surface area (Å²) in [5.74, 6) is 0.639. The van der Waals surface area contributed by atoms with Crippen molar-refractivity contribution in [3.8, 4) is 0 Å². The Morgan fingerprint density at radius 3 is 3.05 bits per heavy atom. The van der Waals surface area contributed by atoms with E-state index in [2.05, 4.69) is 22.2 Å². The fourth-order valence-electron chi connectivity index (χ4n) is 2.63. The molecule has 104 valence electrons. The number of carbonyl (C=O) groups is 1. The van der Waals surface area contributed by atoms with E-state index in [1.807, 2.05) is 11.9 Å². The Morgan fingerprint density at radius 1 is 1.63 bits per heavy atom. The molecule has 19 heavy (non-hydrogen) atoms. The number of hydrogen-bond acceptors (Lipinski definition) is 4. The molecule has 0 aromatic carbocycles. The van der Waals surface area contributed by atoms with Crippen molar-refractivity contribution in [2.45, 2.75) is 6.42 Å². The van der Waals surface area contributed by atoms with Crippen LogP contribution in [0.5, 0.6) is 0 Å². The summed E-state index contributed by atoms with van der Waals surface area (Å²) in [5.41, 5.74) is 1.47. The second-order valence-electron chi connectivity index (χ2n) is 5.27. The monoisotopic (exact) mass is 262 g/mol. The molecule has 0 spiro atoms.